The van der Waals surface area contributed by atoms with E-state index in [1.807, 2.05) is 25.0 Å². The number of benzene rings is 1. The maximum absolute atomic E-state index is 5.80. The third-order valence-electron chi connectivity index (χ3n) is 3.68. The predicted octanol–water partition coefficient (Wildman–Crippen LogP) is 2.62. The first-order valence-electron chi connectivity index (χ1n) is 6.76. The molecule has 4 nitrogen and oxygen atoms in total. The van der Waals surface area contributed by atoms with Crippen molar-refractivity contribution in [3.05, 3.63) is 46.0 Å². The van der Waals surface area contributed by atoms with Crippen LogP contribution in [0.2, 0.25) is 0 Å². The highest BCUT2D eigenvalue weighted by Gasteiger charge is 2.21. The highest BCUT2D eigenvalue weighted by Crippen LogP contribution is 2.35. The Hall–Kier alpha value is -1.33. The van der Waals surface area contributed by atoms with Gasteiger partial charge in [-0.2, -0.15) is 0 Å². The summed E-state index contributed by atoms with van der Waals surface area (Å²) in [5, 5.41) is 3.34. The minimum Gasteiger partial charge on any atom is -0.493 e. The fourth-order valence-electron chi connectivity index (χ4n) is 2.69. The number of nitrogens with zero attached hydrogens (tertiary/aromatic N) is 2. The smallest absolute Gasteiger partial charge is 0.125 e. The van der Waals surface area contributed by atoms with Crippen molar-refractivity contribution < 1.29 is 4.74 Å². The fourth-order valence-corrected chi connectivity index (χ4v) is 3.24. The second-order valence-electron chi connectivity index (χ2n) is 5.16. The summed E-state index contributed by atoms with van der Waals surface area (Å²) in [6.45, 7) is 0.784. The van der Waals surface area contributed by atoms with Gasteiger partial charge in [0.25, 0.3) is 0 Å². The molecule has 1 aliphatic heterocycles. The third-order valence-corrected chi connectivity index (χ3v) is 4.14. The first kappa shape index (κ1) is 13.6. The number of halogens is 1. The lowest BCUT2D eigenvalue weighted by atomic mass is 10.00. The van der Waals surface area contributed by atoms with Gasteiger partial charge in [-0.3, -0.25) is 0 Å². The monoisotopic (exact) mass is 335 g/mol. The van der Waals surface area contributed by atoms with Gasteiger partial charge >= 0.3 is 0 Å². The zero-order valence-electron chi connectivity index (χ0n) is 11.7. The van der Waals surface area contributed by atoms with E-state index in [1.54, 1.807) is 0 Å². The summed E-state index contributed by atoms with van der Waals surface area (Å²) in [5.74, 6) is 1.06. The number of hydrogen-bond acceptors (Lipinski definition) is 3. The Kier molecular flexibility index (Phi) is 3.81. The molecule has 2 heterocycles. The maximum atomic E-state index is 5.80. The van der Waals surface area contributed by atoms with Gasteiger partial charge < -0.3 is 14.6 Å². The van der Waals surface area contributed by atoms with Crippen molar-refractivity contribution >= 4 is 15.9 Å². The van der Waals surface area contributed by atoms with Crippen molar-refractivity contribution in [1.82, 2.24) is 14.9 Å². The Morgan fingerprint density at radius 3 is 3.05 bits per heavy atom. The van der Waals surface area contributed by atoms with Crippen LogP contribution < -0.4 is 10.1 Å². The molecule has 1 atom stereocenters. The Morgan fingerprint density at radius 2 is 2.35 bits per heavy atom. The second kappa shape index (κ2) is 5.58. The van der Waals surface area contributed by atoms with Crippen LogP contribution in [-0.2, 0) is 19.9 Å². The van der Waals surface area contributed by atoms with Gasteiger partial charge in [0.2, 0.25) is 0 Å². The van der Waals surface area contributed by atoms with Crippen molar-refractivity contribution in [3.8, 4) is 5.75 Å². The van der Waals surface area contributed by atoms with E-state index < -0.39 is 0 Å². The summed E-state index contributed by atoms with van der Waals surface area (Å²) in [6.07, 6.45) is 5.76. The zero-order valence-corrected chi connectivity index (χ0v) is 13.3. The summed E-state index contributed by atoms with van der Waals surface area (Å²) in [5.41, 5.74) is 3.59. The normalized spacial score (nSPS) is 14.9. The van der Waals surface area contributed by atoms with E-state index in [-0.39, 0.29) is 6.04 Å². The van der Waals surface area contributed by atoms with E-state index in [2.05, 4.69) is 44.6 Å². The molecule has 5 heteroatoms. The fraction of sp³-hybridized carbons (Fsp3) is 0.400. The molecule has 0 amide bonds. The van der Waals surface area contributed by atoms with Gasteiger partial charge in [-0.15, -0.1) is 0 Å². The van der Waals surface area contributed by atoms with Crippen LogP contribution in [0.4, 0.5) is 0 Å². The molecule has 0 bridgehead atoms. The van der Waals surface area contributed by atoms with Crippen LogP contribution in [0, 0.1) is 0 Å². The van der Waals surface area contributed by atoms with Crippen molar-refractivity contribution in [2.24, 2.45) is 7.05 Å². The molecule has 0 radical (unpaired) electrons. The number of nitrogens with one attached hydrogen (secondary N) is 1. The van der Waals surface area contributed by atoms with Gasteiger partial charge in [0, 0.05) is 24.1 Å². The number of rotatable bonds is 4. The van der Waals surface area contributed by atoms with Crippen LogP contribution in [0.15, 0.2) is 29.1 Å². The van der Waals surface area contributed by atoms with Crippen molar-refractivity contribution in [2.45, 2.75) is 18.9 Å². The average molecular weight is 336 g/mol. The molecule has 1 unspecified atom stereocenters. The highest BCUT2D eigenvalue weighted by atomic mass is 79.9. The number of likely N-dealkylation sites (N-methyl/N-ethyl adjacent to an activating group) is 1. The quantitative estimate of drug-likeness (QED) is 0.933. The van der Waals surface area contributed by atoms with Crippen LogP contribution >= 0.6 is 15.9 Å². The van der Waals surface area contributed by atoms with Gasteiger partial charge in [0.15, 0.2) is 0 Å². The molecule has 0 spiro atoms. The van der Waals surface area contributed by atoms with Gasteiger partial charge in [-0.1, -0.05) is 15.9 Å². The SMILES string of the molecule is CNC(Cc1cc(Br)cc2c1OCC2)c1cn(C)cn1. The number of aryl methyl sites for hydroxylation is 1. The van der Waals surface area contributed by atoms with Crippen LogP contribution in [0.25, 0.3) is 0 Å². The molecule has 20 heavy (non-hydrogen) atoms. The predicted molar refractivity (Wildman–Crippen MR) is 82.1 cm³/mol. The lowest BCUT2D eigenvalue weighted by Gasteiger charge is -2.16. The van der Waals surface area contributed by atoms with Gasteiger partial charge in [-0.25, -0.2) is 4.98 Å². The molecule has 1 aromatic heterocycles. The lowest BCUT2D eigenvalue weighted by Crippen LogP contribution is -2.19. The Bertz CT molecular complexity index is 624. The van der Waals surface area contributed by atoms with E-state index in [0.29, 0.717) is 0 Å². The number of aromatic nitrogens is 2. The van der Waals surface area contributed by atoms with E-state index in [4.69, 9.17) is 4.74 Å². The number of fused-ring (bicyclic) bond motifs is 1. The van der Waals surface area contributed by atoms with Crippen molar-refractivity contribution in [2.75, 3.05) is 13.7 Å². The molecule has 0 saturated carbocycles. The Balaban J connectivity index is 1.90. The molecular weight excluding hydrogens is 318 g/mol. The minimum absolute atomic E-state index is 0.193. The first-order valence-corrected chi connectivity index (χ1v) is 7.56. The van der Waals surface area contributed by atoms with Gasteiger partial charge in [-0.05, 0) is 36.7 Å². The molecule has 0 fully saturated rings. The zero-order chi connectivity index (χ0) is 14.1. The molecule has 1 aromatic carbocycles. The molecule has 0 aliphatic carbocycles. The van der Waals surface area contributed by atoms with Crippen LogP contribution in [0.1, 0.15) is 22.9 Å². The second-order valence-corrected chi connectivity index (χ2v) is 6.08. The number of ether oxygens (including phenoxy) is 1. The number of hydrogen-bond donors (Lipinski definition) is 1. The summed E-state index contributed by atoms with van der Waals surface area (Å²) >= 11 is 3.59. The molecule has 3 rings (SSSR count). The van der Waals surface area contributed by atoms with Crippen molar-refractivity contribution in [1.29, 1.82) is 0 Å². The summed E-state index contributed by atoms with van der Waals surface area (Å²) in [6, 6.07) is 4.50. The first-order chi connectivity index (χ1) is 9.67. The highest BCUT2D eigenvalue weighted by molar-refractivity contribution is 9.10. The molecule has 0 saturated heterocycles. The molecule has 1 N–H and O–H groups in total. The topological polar surface area (TPSA) is 39.1 Å². The van der Waals surface area contributed by atoms with Crippen LogP contribution in [0.3, 0.4) is 0 Å². The van der Waals surface area contributed by atoms with E-state index >= 15 is 0 Å². The van der Waals surface area contributed by atoms with Crippen molar-refractivity contribution in [3.63, 3.8) is 0 Å². The lowest BCUT2D eigenvalue weighted by molar-refractivity contribution is 0.352. The average Bonchev–Trinajstić information content (AvgIpc) is 3.04. The summed E-state index contributed by atoms with van der Waals surface area (Å²) < 4.78 is 8.89. The third kappa shape index (κ3) is 2.60. The van der Waals surface area contributed by atoms with Gasteiger partial charge in [0.1, 0.15) is 5.75 Å². The molecular formula is C15H18BrN3O. The molecule has 1 aliphatic rings. The Labute approximate surface area is 127 Å². The van der Waals surface area contributed by atoms with Crippen LogP contribution in [-0.4, -0.2) is 23.2 Å². The van der Waals surface area contributed by atoms with Gasteiger partial charge in [0.05, 0.1) is 24.7 Å². The standard InChI is InChI=1S/C15H18BrN3O/c1-17-13(14-8-19(2)9-18-14)7-11-6-12(16)5-10-3-4-20-15(10)11/h5-6,8-9,13,17H,3-4,7H2,1-2H3. The summed E-state index contributed by atoms with van der Waals surface area (Å²) in [7, 11) is 3.96. The van der Waals surface area contributed by atoms with E-state index in [9.17, 15) is 0 Å². The van der Waals surface area contributed by atoms with E-state index in [0.717, 1.165) is 35.4 Å². The van der Waals surface area contributed by atoms with E-state index in [1.165, 1.54) is 11.1 Å². The molecule has 106 valence electrons. The van der Waals surface area contributed by atoms with Crippen LogP contribution in [0.5, 0.6) is 5.75 Å². The summed E-state index contributed by atoms with van der Waals surface area (Å²) in [4.78, 5) is 4.45. The largest absolute Gasteiger partial charge is 0.493 e. The maximum Gasteiger partial charge on any atom is 0.125 e. The molecule has 2 aromatic rings. The Morgan fingerprint density at radius 1 is 1.50 bits per heavy atom. The minimum atomic E-state index is 0.193. The number of imidazole rings is 1.